The minimum Gasteiger partial charge on any atom is -0.381 e. The van der Waals surface area contributed by atoms with Crippen LogP contribution in [-0.4, -0.2) is 18.6 Å². The monoisotopic (exact) mass is 293 g/mol. The number of anilines is 1. The molecule has 90 valence electrons. The second kappa shape index (κ2) is 5.52. The van der Waals surface area contributed by atoms with Gasteiger partial charge in [-0.2, -0.15) is 5.26 Å². The van der Waals surface area contributed by atoms with Crippen LogP contribution in [0.4, 0.5) is 5.69 Å². The van der Waals surface area contributed by atoms with Crippen molar-refractivity contribution in [3.8, 4) is 6.07 Å². The summed E-state index contributed by atoms with van der Waals surface area (Å²) in [4.78, 5) is 0. The average Bonchev–Trinajstić information content (AvgIpc) is 2.31. The fourth-order valence-corrected chi connectivity index (χ4v) is 2.69. The number of hydrogen-bond donors (Lipinski definition) is 2. The topological polar surface area (TPSA) is 47.8 Å². The van der Waals surface area contributed by atoms with Gasteiger partial charge in [-0.1, -0.05) is 15.9 Å². The van der Waals surface area contributed by atoms with E-state index in [1.165, 1.54) is 12.8 Å². The van der Waals surface area contributed by atoms with E-state index in [9.17, 15) is 0 Å². The van der Waals surface area contributed by atoms with Crippen molar-refractivity contribution in [2.24, 2.45) is 0 Å². The van der Waals surface area contributed by atoms with Crippen molar-refractivity contribution in [1.29, 1.82) is 5.26 Å². The summed E-state index contributed by atoms with van der Waals surface area (Å²) in [6.45, 7) is 3.29. The number of halogens is 1. The molecule has 1 fully saturated rings. The molecular weight excluding hydrogens is 278 g/mol. The zero-order chi connectivity index (χ0) is 12.3. The van der Waals surface area contributed by atoms with Crippen LogP contribution >= 0.6 is 15.9 Å². The minimum absolute atomic E-state index is 0.435. The first kappa shape index (κ1) is 12.4. The summed E-state index contributed by atoms with van der Waals surface area (Å²) in [7, 11) is 0. The molecular formula is C13H16BrN3. The van der Waals surface area contributed by atoms with Gasteiger partial charge in [-0.3, -0.25) is 0 Å². The van der Waals surface area contributed by atoms with E-state index < -0.39 is 0 Å². The Balaban J connectivity index is 2.12. The van der Waals surface area contributed by atoms with Crippen LogP contribution in [0.3, 0.4) is 0 Å². The van der Waals surface area contributed by atoms with Gasteiger partial charge in [-0.15, -0.1) is 0 Å². The lowest BCUT2D eigenvalue weighted by Crippen LogP contribution is -2.46. The molecule has 0 spiro atoms. The standard InChI is InChI=1S/C13H16BrN3/c1-9-13(3-2-4-16-9)17-12-6-10(8-15)5-11(14)7-12/h5-7,9,13,16-17H,2-4H2,1H3. The molecule has 0 saturated carbocycles. The minimum atomic E-state index is 0.435. The van der Waals surface area contributed by atoms with Crippen molar-refractivity contribution in [2.75, 3.05) is 11.9 Å². The predicted molar refractivity (Wildman–Crippen MR) is 73.0 cm³/mol. The van der Waals surface area contributed by atoms with Crippen LogP contribution in [0.2, 0.25) is 0 Å². The lowest BCUT2D eigenvalue weighted by Gasteiger charge is -2.31. The Hall–Kier alpha value is -1.05. The summed E-state index contributed by atoms with van der Waals surface area (Å²) in [5.74, 6) is 0. The number of hydrogen-bond acceptors (Lipinski definition) is 3. The van der Waals surface area contributed by atoms with Crippen molar-refractivity contribution < 1.29 is 0 Å². The molecule has 0 aromatic heterocycles. The van der Waals surface area contributed by atoms with E-state index in [1.54, 1.807) is 0 Å². The summed E-state index contributed by atoms with van der Waals surface area (Å²) in [5.41, 5.74) is 1.69. The summed E-state index contributed by atoms with van der Waals surface area (Å²) in [5, 5.41) is 15.9. The number of rotatable bonds is 2. The molecule has 0 aliphatic carbocycles. The third kappa shape index (κ3) is 3.21. The highest BCUT2D eigenvalue weighted by molar-refractivity contribution is 9.10. The van der Waals surface area contributed by atoms with Crippen LogP contribution in [0.15, 0.2) is 22.7 Å². The molecule has 1 heterocycles. The normalized spacial score (nSPS) is 24.1. The van der Waals surface area contributed by atoms with Crippen molar-refractivity contribution in [3.63, 3.8) is 0 Å². The average molecular weight is 294 g/mol. The Labute approximate surface area is 110 Å². The molecule has 1 aromatic carbocycles. The van der Waals surface area contributed by atoms with Crippen molar-refractivity contribution in [1.82, 2.24) is 5.32 Å². The number of piperidine rings is 1. The van der Waals surface area contributed by atoms with E-state index in [2.05, 4.69) is 39.6 Å². The van der Waals surface area contributed by atoms with Gasteiger partial charge in [0.15, 0.2) is 0 Å². The van der Waals surface area contributed by atoms with Gasteiger partial charge in [-0.05, 0) is 44.5 Å². The molecule has 2 rings (SSSR count). The smallest absolute Gasteiger partial charge is 0.0992 e. The Morgan fingerprint density at radius 1 is 1.47 bits per heavy atom. The summed E-state index contributed by atoms with van der Waals surface area (Å²) in [6.07, 6.45) is 2.36. The maximum absolute atomic E-state index is 8.93. The zero-order valence-electron chi connectivity index (χ0n) is 9.83. The lowest BCUT2D eigenvalue weighted by atomic mass is 9.99. The van der Waals surface area contributed by atoms with Gasteiger partial charge in [-0.25, -0.2) is 0 Å². The lowest BCUT2D eigenvalue weighted by molar-refractivity contribution is 0.389. The van der Waals surface area contributed by atoms with Gasteiger partial charge < -0.3 is 10.6 Å². The van der Waals surface area contributed by atoms with Crippen LogP contribution in [0, 0.1) is 11.3 Å². The van der Waals surface area contributed by atoms with E-state index in [-0.39, 0.29) is 0 Å². The van der Waals surface area contributed by atoms with Gasteiger partial charge in [0, 0.05) is 22.2 Å². The first-order valence-electron chi connectivity index (χ1n) is 5.89. The second-order valence-electron chi connectivity index (χ2n) is 4.48. The first-order chi connectivity index (χ1) is 8.19. The summed E-state index contributed by atoms with van der Waals surface area (Å²) in [6, 6.07) is 8.81. The molecule has 2 N–H and O–H groups in total. The third-order valence-electron chi connectivity index (χ3n) is 3.14. The molecule has 17 heavy (non-hydrogen) atoms. The van der Waals surface area contributed by atoms with Crippen LogP contribution < -0.4 is 10.6 Å². The van der Waals surface area contributed by atoms with Crippen molar-refractivity contribution >= 4 is 21.6 Å². The predicted octanol–water partition coefficient (Wildman–Crippen LogP) is 2.87. The highest BCUT2D eigenvalue weighted by Gasteiger charge is 2.20. The van der Waals surface area contributed by atoms with Crippen molar-refractivity contribution in [3.05, 3.63) is 28.2 Å². The van der Waals surface area contributed by atoms with E-state index in [4.69, 9.17) is 5.26 Å². The van der Waals surface area contributed by atoms with Gasteiger partial charge in [0.1, 0.15) is 0 Å². The number of nitrogens with zero attached hydrogens (tertiary/aromatic N) is 1. The maximum Gasteiger partial charge on any atom is 0.0992 e. The molecule has 1 saturated heterocycles. The first-order valence-corrected chi connectivity index (χ1v) is 6.69. The second-order valence-corrected chi connectivity index (χ2v) is 5.39. The number of benzene rings is 1. The van der Waals surface area contributed by atoms with Gasteiger partial charge in [0.25, 0.3) is 0 Å². The van der Waals surface area contributed by atoms with Crippen LogP contribution in [0.5, 0.6) is 0 Å². The van der Waals surface area contributed by atoms with Crippen LogP contribution in [-0.2, 0) is 0 Å². The SMILES string of the molecule is CC1NCCCC1Nc1cc(Br)cc(C#N)c1. The quantitative estimate of drug-likeness (QED) is 0.881. The summed E-state index contributed by atoms with van der Waals surface area (Å²) < 4.78 is 0.940. The third-order valence-corrected chi connectivity index (χ3v) is 3.60. The Morgan fingerprint density at radius 2 is 2.29 bits per heavy atom. The Morgan fingerprint density at radius 3 is 3.00 bits per heavy atom. The molecule has 1 aromatic rings. The molecule has 3 nitrogen and oxygen atoms in total. The molecule has 2 atom stereocenters. The van der Waals surface area contributed by atoms with E-state index in [1.807, 2.05) is 18.2 Å². The number of nitrogens with one attached hydrogen (secondary N) is 2. The van der Waals surface area contributed by atoms with Crippen molar-refractivity contribution in [2.45, 2.75) is 31.8 Å². The fourth-order valence-electron chi connectivity index (χ4n) is 2.19. The van der Waals surface area contributed by atoms with Crippen LogP contribution in [0.1, 0.15) is 25.3 Å². The van der Waals surface area contributed by atoms with Gasteiger partial charge in [0.05, 0.1) is 11.6 Å². The number of nitriles is 1. The molecule has 0 radical (unpaired) electrons. The molecule has 1 aliphatic heterocycles. The molecule has 2 unspecified atom stereocenters. The Kier molecular flexibility index (Phi) is 4.03. The summed E-state index contributed by atoms with van der Waals surface area (Å²) >= 11 is 3.43. The maximum atomic E-state index is 8.93. The van der Waals surface area contributed by atoms with E-state index >= 15 is 0 Å². The molecule has 0 amide bonds. The van der Waals surface area contributed by atoms with E-state index in [0.29, 0.717) is 17.6 Å². The largest absolute Gasteiger partial charge is 0.381 e. The highest BCUT2D eigenvalue weighted by atomic mass is 79.9. The highest BCUT2D eigenvalue weighted by Crippen LogP contribution is 2.22. The molecule has 4 heteroatoms. The zero-order valence-corrected chi connectivity index (χ0v) is 11.4. The van der Waals surface area contributed by atoms with E-state index in [0.717, 1.165) is 16.7 Å². The molecule has 1 aliphatic rings. The fraction of sp³-hybridized carbons (Fsp3) is 0.462. The molecule has 0 bridgehead atoms. The van der Waals surface area contributed by atoms with Gasteiger partial charge >= 0.3 is 0 Å². The Bertz CT molecular complexity index is 439. The van der Waals surface area contributed by atoms with Gasteiger partial charge in [0.2, 0.25) is 0 Å². The van der Waals surface area contributed by atoms with Crippen LogP contribution in [0.25, 0.3) is 0 Å².